The third kappa shape index (κ3) is 4.19. The third-order valence-corrected chi connectivity index (χ3v) is 4.14. The Labute approximate surface area is 125 Å². The van der Waals surface area contributed by atoms with E-state index in [1.54, 1.807) is 25.7 Å². The van der Waals surface area contributed by atoms with Crippen LogP contribution in [0.4, 0.5) is 0 Å². The van der Waals surface area contributed by atoms with Gasteiger partial charge in [0.15, 0.2) is 0 Å². The normalized spacial score (nSPS) is 22.8. The van der Waals surface area contributed by atoms with E-state index >= 15 is 0 Å². The minimum absolute atomic E-state index is 0.0739. The van der Waals surface area contributed by atoms with Crippen LogP contribution in [-0.4, -0.2) is 47.4 Å². The minimum atomic E-state index is -0.846. The van der Waals surface area contributed by atoms with E-state index < -0.39 is 16.8 Å². The summed E-state index contributed by atoms with van der Waals surface area (Å²) in [5.74, 6) is -1.25. The van der Waals surface area contributed by atoms with Crippen molar-refractivity contribution in [3.63, 3.8) is 0 Å². The van der Waals surface area contributed by atoms with E-state index in [2.05, 4.69) is 5.32 Å². The number of likely N-dealkylation sites (tertiary alicyclic amines) is 1. The number of carbonyl (C=O) groups is 3. The van der Waals surface area contributed by atoms with Crippen molar-refractivity contribution >= 4 is 17.8 Å². The molecule has 6 heteroatoms. The Balaban J connectivity index is 2.63. The maximum absolute atomic E-state index is 12.2. The second-order valence-corrected chi connectivity index (χ2v) is 6.79. The molecule has 0 aliphatic carbocycles. The van der Waals surface area contributed by atoms with Crippen molar-refractivity contribution in [1.82, 2.24) is 10.2 Å². The number of nitrogens with one attached hydrogen (secondary N) is 1. The van der Waals surface area contributed by atoms with Gasteiger partial charge in [-0.3, -0.25) is 14.4 Å². The average Bonchev–Trinajstić information content (AvgIpc) is 2.42. The third-order valence-electron chi connectivity index (χ3n) is 4.14. The molecular weight excluding hydrogens is 272 g/mol. The van der Waals surface area contributed by atoms with Crippen LogP contribution in [0, 0.1) is 10.8 Å². The molecule has 0 aromatic carbocycles. The number of amides is 2. The first-order chi connectivity index (χ1) is 9.62. The summed E-state index contributed by atoms with van der Waals surface area (Å²) in [7, 11) is 0. The summed E-state index contributed by atoms with van der Waals surface area (Å²) in [6.07, 6.45) is 1.77. The van der Waals surface area contributed by atoms with Crippen LogP contribution in [0.5, 0.6) is 0 Å². The highest BCUT2D eigenvalue weighted by molar-refractivity contribution is 5.87. The average molecular weight is 298 g/mol. The first kappa shape index (κ1) is 17.5. The summed E-state index contributed by atoms with van der Waals surface area (Å²) < 4.78 is 0. The number of carboxylic acids is 1. The van der Waals surface area contributed by atoms with Crippen LogP contribution < -0.4 is 5.32 Å². The standard InChI is InChI=1S/C15H26N2O4/c1-5-15(13(20)21)7-6-8-17(10-15)11(18)9-16-12(19)14(2,3)4/h5-10H2,1-4H3,(H,16,19)(H,20,21). The molecule has 0 bridgehead atoms. The van der Waals surface area contributed by atoms with Crippen LogP contribution in [0.25, 0.3) is 0 Å². The number of rotatable bonds is 4. The minimum Gasteiger partial charge on any atom is -0.481 e. The second kappa shape index (κ2) is 6.45. The van der Waals surface area contributed by atoms with Crippen LogP contribution >= 0.6 is 0 Å². The lowest BCUT2D eigenvalue weighted by Gasteiger charge is -2.39. The molecule has 120 valence electrons. The molecule has 0 aromatic heterocycles. The number of aliphatic carboxylic acids is 1. The number of carboxylic acid groups (broad SMARTS) is 1. The van der Waals surface area contributed by atoms with Crippen LogP contribution in [0.1, 0.15) is 47.0 Å². The summed E-state index contributed by atoms with van der Waals surface area (Å²) in [5, 5.41) is 12.0. The lowest BCUT2D eigenvalue weighted by molar-refractivity contribution is -0.155. The van der Waals surface area contributed by atoms with Crippen LogP contribution in [0.3, 0.4) is 0 Å². The Morgan fingerprint density at radius 3 is 2.38 bits per heavy atom. The Morgan fingerprint density at radius 2 is 1.90 bits per heavy atom. The summed E-state index contributed by atoms with van der Waals surface area (Å²) in [6, 6.07) is 0. The van der Waals surface area contributed by atoms with Crippen LogP contribution in [-0.2, 0) is 14.4 Å². The molecule has 0 spiro atoms. The highest BCUT2D eigenvalue weighted by atomic mass is 16.4. The molecule has 0 aromatic rings. The lowest BCUT2D eigenvalue weighted by Crippen LogP contribution is -2.52. The van der Waals surface area contributed by atoms with Gasteiger partial charge >= 0.3 is 5.97 Å². The number of hydrogen-bond acceptors (Lipinski definition) is 3. The number of hydrogen-bond donors (Lipinski definition) is 2. The van der Waals surface area contributed by atoms with E-state index in [0.29, 0.717) is 25.8 Å². The van der Waals surface area contributed by atoms with Crippen molar-refractivity contribution < 1.29 is 19.5 Å². The van der Waals surface area contributed by atoms with Gasteiger partial charge in [0.25, 0.3) is 0 Å². The molecular formula is C15H26N2O4. The first-order valence-corrected chi connectivity index (χ1v) is 7.42. The predicted octanol–water partition coefficient (Wildman–Crippen LogP) is 1.25. The lowest BCUT2D eigenvalue weighted by atomic mass is 9.77. The molecule has 2 N–H and O–H groups in total. The zero-order valence-electron chi connectivity index (χ0n) is 13.4. The molecule has 1 heterocycles. The number of carbonyl (C=O) groups excluding carboxylic acids is 2. The van der Waals surface area contributed by atoms with Gasteiger partial charge in [-0.05, 0) is 19.3 Å². The SMILES string of the molecule is CCC1(C(=O)O)CCCN(C(=O)CNC(=O)C(C)(C)C)C1. The quantitative estimate of drug-likeness (QED) is 0.818. The molecule has 1 fully saturated rings. The van der Waals surface area contributed by atoms with E-state index in [1.165, 1.54) is 0 Å². The number of piperidine rings is 1. The van der Waals surface area contributed by atoms with Crippen molar-refractivity contribution in [2.45, 2.75) is 47.0 Å². The monoisotopic (exact) mass is 298 g/mol. The molecule has 1 atom stereocenters. The van der Waals surface area contributed by atoms with E-state index in [1.807, 2.05) is 6.92 Å². The zero-order valence-corrected chi connectivity index (χ0v) is 13.4. The van der Waals surface area contributed by atoms with E-state index in [9.17, 15) is 19.5 Å². The molecule has 1 aliphatic rings. The molecule has 0 saturated carbocycles. The first-order valence-electron chi connectivity index (χ1n) is 7.42. The fraction of sp³-hybridized carbons (Fsp3) is 0.800. The molecule has 1 saturated heterocycles. The molecule has 1 unspecified atom stereocenters. The zero-order chi connectivity index (χ0) is 16.3. The maximum Gasteiger partial charge on any atom is 0.311 e. The molecule has 6 nitrogen and oxygen atoms in total. The van der Waals surface area contributed by atoms with E-state index in [4.69, 9.17) is 0 Å². The van der Waals surface area contributed by atoms with Gasteiger partial charge in [0, 0.05) is 18.5 Å². The van der Waals surface area contributed by atoms with E-state index in [-0.39, 0.29) is 24.9 Å². The summed E-state index contributed by atoms with van der Waals surface area (Å²) >= 11 is 0. The molecule has 2 amide bonds. The Kier molecular flexibility index (Phi) is 5.36. The van der Waals surface area contributed by atoms with Crippen LogP contribution in [0.15, 0.2) is 0 Å². The molecule has 1 aliphatic heterocycles. The van der Waals surface area contributed by atoms with Crippen molar-refractivity contribution in [3.05, 3.63) is 0 Å². The fourth-order valence-electron chi connectivity index (χ4n) is 2.49. The van der Waals surface area contributed by atoms with Crippen LogP contribution in [0.2, 0.25) is 0 Å². The summed E-state index contributed by atoms with van der Waals surface area (Å²) in [4.78, 5) is 37.0. The van der Waals surface area contributed by atoms with Crippen molar-refractivity contribution in [3.8, 4) is 0 Å². The van der Waals surface area contributed by atoms with E-state index in [0.717, 1.165) is 0 Å². The van der Waals surface area contributed by atoms with Gasteiger partial charge in [-0.1, -0.05) is 27.7 Å². The predicted molar refractivity (Wildman–Crippen MR) is 78.6 cm³/mol. The Morgan fingerprint density at radius 1 is 1.29 bits per heavy atom. The van der Waals surface area contributed by atoms with Gasteiger partial charge in [-0.25, -0.2) is 0 Å². The van der Waals surface area contributed by atoms with Gasteiger partial charge in [0.1, 0.15) is 0 Å². The summed E-state index contributed by atoms with van der Waals surface area (Å²) in [6.45, 7) is 7.88. The van der Waals surface area contributed by atoms with Crippen molar-refractivity contribution in [1.29, 1.82) is 0 Å². The highest BCUT2D eigenvalue weighted by Crippen LogP contribution is 2.33. The summed E-state index contributed by atoms with van der Waals surface area (Å²) in [5.41, 5.74) is -1.39. The van der Waals surface area contributed by atoms with Crippen molar-refractivity contribution in [2.24, 2.45) is 10.8 Å². The largest absolute Gasteiger partial charge is 0.481 e. The van der Waals surface area contributed by atoms with Gasteiger partial charge in [0.05, 0.1) is 12.0 Å². The fourth-order valence-corrected chi connectivity index (χ4v) is 2.49. The van der Waals surface area contributed by atoms with Gasteiger partial charge in [-0.2, -0.15) is 0 Å². The number of nitrogens with zero attached hydrogens (tertiary/aromatic N) is 1. The highest BCUT2D eigenvalue weighted by Gasteiger charge is 2.42. The molecule has 21 heavy (non-hydrogen) atoms. The van der Waals surface area contributed by atoms with Gasteiger partial charge in [0.2, 0.25) is 11.8 Å². The molecule has 0 radical (unpaired) electrons. The van der Waals surface area contributed by atoms with Gasteiger partial charge < -0.3 is 15.3 Å². The van der Waals surface area contributed by atoms with Gasteiger partial charge in [-0.15, -0.1) is 0 Å². The molecule has 1 rings (SSSR count). The second-order valence-electron chi connectivity index (χ2n) is 6.79. The Bertz CT molecular complexity index is 428. The van der Waals surface area contributed by atoms with Crippen molar-refractivity contribution in [2.75, 3.05) is 19.6 Å². The smallest absolute Gasteiger partial charge is 0.311 e. The maximum atomic E-state index is 12.2. The Hall–Kier alpha value is -1.59. The topological polar surface area (TPSA) is 86.7 Å².